The van der Waals surface area contributed by atoms with E-state index in [2.05, 4.69) is 32.7 Å². The Balaban J connectivity index is 2.31. The van der Waals surface area contributed by atoms with Gasteiger partial charge in [-0.2, -0.15) is 0 Å². The lowest BCUT2D eigenvalue weighted by Crippen LogP contribution is -2.08. The molecule has 0 saturated heterocycles. The molecule has 17 heavy (non-hydrogen) atoms. The number of nitrogens with zero attached hydrogens (tertiary/aromatic N) is 1. The van der Waals surface area contributed by atoms with Crippen LogP contribution in [0.2, 0.25) is 0 Å². The number of hydrogen-bond donors (Lipinski definition) is 0. The molecule has 0 atom stereocenters. The van der Waals surface area contributed by atoms with Gasteiger partial charge >= 0.3 is 5.97 Å². The zero-order chi connectivity index (χ0) is 12.8. The van der Waals surface area contributed by atoms with Gasteiger partial charge in [0.05, 0.1) is 6.61 Å². The lowest BCUT2D eigenvalue weighted by molar-refractivity contribution is 0.0517. The lowest BCUT2D eigenvalue weighted by atomic mass is 10.0. The number of carbonyl (C=O) groups excluding carboxylic acids is 1. The molecule has 0 unspecified atom stereocenters. The minimum atomic E-state index is -0.394. The van der Waals surface area contributed by atoms with Gasteiger partial charge in [-0.1, -0.05) is 27.7 Å². The predicted molar refractivity (Wildman–Crippen MR) is 62.8 cm³/mol. The largest absolute Gasteiger partial charge is 0.461 e. The summed E-state index contributed by atoms with van der Waals surface area (Å²) < 4.78 is 10.4. The van der Waals surface area contributed by atoms with Crippen LogP contribution in [0.25, 0.3) is 0 Å². The minimum Gasteiger partial charge on any atom is -0.461 e. The van der Waals surface area contributed by atoms with E-state index in [9.17, 15) is 4.79 Å². The van der Waals surface area contributed by atoms with Gasteiger partial charge in [0.1, 0.15) is 5.76 Å². The maximum Gasteiger partial charge on any atom is 0.360 e. The Bertz CT molecular complexity index is 431. The molecule has 4 nitrogen and oxygen atoms in total. The number of carbonyl (C=O) groups is 1. The molecular weight excluding hydrogens is 218 g/mol. The second-order valence-electron chi connectivity index (χ2n) is 5.66. The van der Waals surface area contributed by atoms with Crippen molar-refractivity contribution in [1.29, 1.82) is 0 Å². The summed E-state index contributed by atoms with van der Waals surface area (Å²) in [4.78, 5) is 15.7. The van der Waals surface area contributed by atoms with Crippen molar-refractivity contribution in [2.75, 3.05) is 6.61 Å². The number of aromatic nitrogens is 1. The minimum absolute atomic E-state index is 0.119. The molecule has 2 rings (SSSR count). The van der Waals surface area contributed by atoms with Gasteiger partial charge in [-0.3, -0.25) is 0 Å². The van der Waals surface area contributed by atoms with E-state index in [0.717, 1.165) is 0 Å². The zero-order valence-electron chi connectivity index (χ0n) is 11.0. The van der Waals surface area contributed by atoms with Gasteiger partial charge in [0, 0.05) is 5.92 Å². The average molecular weight is 237 g/mol. The Morgan fingerprint density at radius 1 is 1.41 bits per heavy atom. The Hall–Kier alpha value is -1.32. The van der Waals surface area contributed by atoms with E-state index in [1.54, 1.807) is 6.92 Å². The van der Waals surface area contributed by atoms with E-state index < -0.39 is 5.97 Å². The van der Waals surface area contributed by atoms with Crippen molar-refractivity contribution >= 4 is 5.97 Å². The molecule has 0 spiro atoms. The van der Waals surface area contributed by atoms with Gasteiger partial charge < -0.3 is 9.15 Å². The molecule has 94 valence electrons. The van der Waals surface area contributed by atoms with Crippen LogP contribution in [0.15, 0.2) is 10.8 Å². The first kappa shape index (κ1) is 12.1. The Kier molecular flexibility index (Phi) is 2.56. The summed E-state index contributed by atoms with van der Waals surface area (Å²) >= 11 is 0. The van der Waals surface area contributed by atoms with Gasteiger partial charge in [0.25, 0.3) is 0 Å². The topological polar surface area (TPSA) is 52.3 Å². The van der Waals surface area contributed by atoms with E-state index in [1.165, 1.54) is 6.39 Å². The first-order chi connectivity index (χ1) is 7.84. The highest BCUT2D eigenvalue weighted by molar-refractivity contribution is 5.88. The highest BCUT2D eigenvalue weighted by atomic mass is 16.5. The smallest absolute Gasteiger partial charge is 0.360 e. The molecule has 1 fully saturated rings. The average Bonchev–Trinajstić information content (AvgIpc) is 2.58. The molecule has 1 heterocycles. The molecule has 1 saturated carbocycles. The molecule has 1 aliphatic carbocycles. The summed E-state index contributed by atoms with van der Waals surface area (Å²) in [6.07, 6.45) is 1.33. The Labute approximate surface area is 101 Å². The number of ether oxygens (including phenoxy) is 1. The van der Waals surface area contributed by atoms with Crippen LogP contribution in [0.1, 0.15) is 56.8 Å². The second-order valence-corrected chi connectivity index (χ2v) is 5.66. The monoisotopic (exact) mass is 237 g/mol. The standard InChI is InChI=1S/C13H19NO3/c1-6-16-11(15)8-9(17-7-14-8)10-12(2,3)13(10,4)5/h7,10H,6H2,1-5H3. The molecule has 0 amide bonds. The van der Waals surface area contributed by atoms with Gasteiger partial charge in [-0.15, -0.1) is 0 Å². The Morgan fingerprint density at radius 2 is 2.00 bits per heavy atom. The number of rotatable bonds is 3. The van der Waals surface area contributed by atoms with Crippen molar-refractivity contribution in [2.24, 2.45) is 10.8 Å². The molecule has 0 N–H and O–H groups in total. The van der Waals surface area contributed by atoms with E-state index in [4.69, 9.17) is 9.15 Å². The van der Waals surface area contributed by atoms with Crippen molar-refractivity contribution in [3.8, 4) is 0 Å². The first-order valence-electron chi connectivity index (χ1n) is 5.94. The van der Waals surface area contributed by atoms with Crippen molar-refractivity contribution in [3.05, 3.63) is 17.8 Å². The number of esters is 1. The summed E-state index contributed by atoms with van der Waals surface area (Å²) in [5, 5.41) is 0. The number of oxazole rings is 1. The fourth-order valence-electron chi connectivity index (χ4n) is 2.66. The van der Waals surface area contributed by atoms with Crippen molar-refractivity contribution < 1.29 is 13.9 Å². The third-order valence-corrected chi connectivity index (χ3v) is 4.35. The lowest BCUT2D eigenvalue weighted by Gasteiger charge is -2.03. The van der Waals surface area contributed by atoms with Crippen LogP contribution in [-0.4, -0.2) is 17.6 Å². The third-order valence-electron chi connectivity index (χ3n) is 4.35. The van der Waals surface area contributed by atoms with E-state index >= 15 is 0 Å². The van der Waals surface area contributed by atoms with Crippen LogP contribution < -0.4 is 0 Å². The molecule has 1 aromatic rings. The van der Waals surface area contributed by atoms with Crippen LogP contribution in [0.4, 0.5) is 0 Å². The van der Waals surface area contributed by atoms with Crippen LogP contribution >= 0.6 is 0 Å². The van der Waals surface area contributed by atoms with Gasteiger partial charge in [-0.05, 0) is 17.8 Å². The fraction of sp³-hybridized carbons (Fsp3) is 0.692. The highest BCUT2D eigenvalue weighted by Gasteiger charge is 2.67. The molecule has 1 aliphatic rings. The normalized spacial score (nSPS) is 21.2. The fourth-order valence-corrected chi connectivity index (χ4v) is 2.66. The molecule has 0 aliphatic heterocycles. The maximum atomic E-state index is 11.7. The van der Waals surface area contributed by atoms with Crippen molar-refractivity contribution in [3.63, 3.8) is 0 Å². The summed E-state index contributed by atoms with van der Waals surface area (Å²) in [5.74, 6) is 0.491. The molecule has 0 bridgehead atoms. The number of hydrogen-bond acceptors (Lipinski definition) is 4. The van der Waals surface area contributed by atoms with Crippen LogP contribution in [0, 0.1) is 10.8 Å². The molecule has 1 aromatic heterocycles. The third kappa shape index (κ3) is 1.58. The van der Waals surface area contributed by atoms with Crippen LogP contribution in [0.3, 0.4) is 0 Å². The summed E-state index contributed by atoms with van der Waals surface area (Å²) in [7, 11) is 0. The van der Waals surface area contributed by atoms with Gasteiger partial charge in [0.15, 0.2) is 12.1 Å². The Morgan fingerprint density at radius 3 is 2.47 bits per heavy atom. The molecule has 4 heteroatoms. The summed E-state index contributed by atoms with van der Waals surface area (Å²) in [5.41, 5.74) is 0.567. The quantitative estimate of drug-likeness (QED) is 0.758. The van der Waals surface area contributed by atoms with E-state index in [-0.39, 0.29) is 16.7 Å². The van der Waals surface area contributed by atoms with E-state index in [1.807, 2.05) is 0 Å². The molecule has 0 aromatic carbocycles. The maximum absolute atomic E-state index is 11.7. The highest BCUT2D eigenvalue weighted by Crippen LogP contribution is 2.73. The predicted octanol–water partition coefficient (Wildman–Crippen LogP) is 3.00. The van der Waals surface area contributed by atoms with Gasteiger partial charge in [-0.25, -0.2) is 9.78 Å². The molecule has 0 radical (unpaired) electrons. The molecular formula is C13H19NO3. The van der Waals surface area contributed by atoms with Crippen LogP contribution in [-0.2, 0) is 4.74 Å². The first-order valence-corrected chi connectivity index (χ1v) is 5.94. The van der Waals surface area contributed by atoms with Gasteiger partial charge in [0.2, 0.25) is 0 Å². The van der Waals surface area contributed by atoms with Crippen molar-refractivity contribution in [2.45, 2.75) is 40.5 Å². The summed E-state index contributed by atoms with van der Waals surface area (Å²) in [6.45, 7) is 10.8. The summed E-state index contributed by atoms with van der Waals surface area (Å²) in [6, 6.07) is 0. The van der Waals surface area contributed by atoms with Crippen molar-refractivity contribution in [1.82, 2.24) is 4.98 Å². The SMILES string of the molecule is CCOC(=O)c1ncoc1C1C(C)(C)C1(C)C. The van der Waals surface area contributed by atoms with E-state index in [0.29, 0.717) is 18.1 Å². The van der Waals surface area contributed by atoms with Crippen LogP contribution in [0.5, 0.6) is 0 Å². The zero-order valence-corrected chi connectivity index (χ0v) is 11.0. The second kappa shape index (κ2) is 3.59.